The fourth-order valence-corrected chi connectivity index (χ4v) is 10.7. The Morgan fingerprint density at radius 3 is 2.31 bits per heavy atom. The van der Waals surface area contributed by atoms with Crippen LogP contribution in [-0.2, 0) is 16.1 Å². The Morgan fingerprint density at radius 2 is 1.69 bits per heavy atom. The van der Waals surface area contributed by atoms with E-state index in [-0.39, 0.29) is 69.5 Å². The van der Waals surface area contributed by atoms with Crippen LogP contribution in [0.25, 0.3) is 0 Å². The number of hydrogen-bond donors (Lipinski definition) is 0. The molecule has 1 aromatic heterocycles. The van der Waals surface area contributed by atoms with Gasteiger partial charge in [-0.25, -0.2) is 0 Å². The van der Waals surface area contributed by atoms with Crippen LogP contribution in [0.3, 0.4) is 0 Å². The van der Waals surface area contributed by atoms with Gasteiger partial charge >= 0.3 is 18.9 Å². The molecule has 0 spiro atoms. The Hall–Kier alpha value is -1.88. The molecule has 5 nitrogen and oxygen atoms in total. The summed E-state index contributed by atoms with van der Waals surface area (Å²) in [5.74, 6) is 1.62. The Labute approximate surface area is 265 Å². The van der Waals surface area contributed by atoms with Crippen LogP contribution in [0.15, 0.2) is 29.4 Å². The van der Waals surface area contributed by atoms with Crippen LogP contribution in [0.2, 0.25) is 0 Å². The fraction of sp³-hybridized carbons (Fsp3) is 0.694. The largest absolute Gasteiger partial charge is 1.00 e. The van der Waals surface area contributed by atoms with Crippen LogP contribution in [0.4, 0.5) is 0 Å². The van der Waals surface area contributed by atoms with Gasteiger partial charge in [0, 0.05) is 23.1 Å². The van der Waals surface area contributed by atoms with E-state index in [2.05, 4.69) is 65.3 Å². The molecular weight excluding hydrogens is 513 g/mol. The molecule has 6 heteroatoms. The van der Waals surface area contributed by atoms with Crippen molar-refractivity contribution in [1.82, 2.24) is 9.78 Å². The zero-order valence-corrected chi connectivity index (χ0v) is 27.7. The molecule has 3 fully saturated rings. The minimum absolute atomic E-state index is 0. The normalized spacial score (nSPS) is 40.3. The molecule has 0 aromatic carbocycles. The van der Waals surface area contributed by atoms with Gasteiger partial charge in [-0.15, -0.1) is 5.41 Å². The number of aromatic nitrogens is 2. The molecule has 5 aliphatic rings. The van der Waals surface area contributed by atoms with Crippen molar-refractivity contribution in [1.29, 1.82) is 5.26 Å². The zero-order valence-electron chi connectivity index (χ0n) is 27.7. The van der Waals surface area contributed by atoms with Gasteiger partial charge in [0.2, 0.25) is 0 Å². The van der Waals surface area contributed by atoms with E-state index < -0.39 is 10.8 Å². The molecule has 3 saturated carbocycles. The summed E-state index contributed by atoms with van der Waals surface area (Å²) in [5, 5.41) is 14.8. The molecule has 42 heavy (non-hydrogen) atoms. The van der Waals surface area contributed by atoms with Gasteiger partial charge in [-0.1, -0.05) is 97.1 Å². The Bertz CT molecular complexity index is 1460. The van der Waals surface area contributed by atoms with Gasteiger partial charge in [0.05, 0.1) is 11.3 Å². The third kappa shape index (κ3) is 4.03. The number of allylic oxidation sites excluding steroid dienone is 4. The van der Waals surface area contributed by atoms with Crippen molar-refractivity contribution in [3.63, 3.8) is 0 Å². The van der Waals surface area contributed by atoms with E-state index in [0.29, 0.717) is 0 Å². The van der Waals surface area contributed by atoms with Gasteiger partial charge in [0.15, 0.2) is 5.78 Å². The van der Waals surface area contributed by atoms with Gasteiger partial charge in [-0.3, -0.25) is 20.2 Å². The minimum Gasteiger partial charge on any atom is -0.297 e. The maximum Gasteiger partial charge on any atom is 1.00 e. The average Bonchev–Trinajstić information content (AvgIpc) is 3.19. The van der Waals surface area contributed by atoms with Crippen LogP contribution >= 0.6 is 0 Å². The molecule has 0 bridgehead atoms. The molecule has 0 amide bonds. The van der Waals surface area contributed by atoms with E-state index in [9.17, 15) is 14.9 Å². The number of hydrogen-bond acceptors (Lipinski definition) is 4. The molecule has 6 atom stereocenters. The summed E-state index contributed by atoms with van der Waals surface area (Å²) in [6.45, 7) is 20.8. The van der Waals surface area contributed by atoms with E-state index in [1.807, 2.05) is 26.0 Å². The molecule has 5 aliphatic carbocycles. The molecule has 1 aromatic rings. The summed E-state index contributed by atoms with van der Waals surface area (Å²) in [7, 11) is 0. The van der Waals surface area contributed by atoms with Crippen molar-refractivity contribution in [2.75, 3.05) is 0 Å². The molecule has 1 heterocycles. The van der Waals surface area contributed by atoms with Crippen molar-refractivity contribution in [2.45, 2.75) is 114 Å². The number of aryl methyl sites for hydroxylation is 2. The summed E-state index contributed by atoms with van der Waals surface area (Å²) in [4.78, 5) is 28.0. The first-order chi connectivity index (χ1) is 18.9. The third-order valence-electron chi connectivity index (χ3n) is 13.2. The number of ketones is 2. The standard InChI is InChI=1S/C36H48N3O2.Li/c1-22-16-23(2)39(38-22)21-36-14-12-31(3,4)19-25(36)29-26(40)17-28-33(7)18-24(20-37)30(41)32(5,6)27(33)10-11-34(28,8)35(29,9)13-15-36;/h16-18,27,29H,10-15,19,21H2,1-9H3;/q-1;+1/t27?,29-,33-,34+,35+,36+;/m0./s1. The van der Waals surface area contributed by atoms with Gasteiger partial charge in [0.1, 0.15) is 11.9 Å². The van der Waals surface area contributed by atoms with E-state index in [4.69, 9.17) is 5.10 Å². The first-order valence-corrected chi connectivity index (χ1v) is 15.8. The number of carbonyl (C=O) groups excluding carboxylic acids is 2. The average molecular weight is 562 g/mol. The van der Waals surface area contributed by atoms with Crippen molar-refractivity contribution >= 4 is 11.6 Å². The monoisotopic (exact) mass is 561 g/mol. The SMILES string of the molecule is Cc1cc(C)n(C[C@]23CCC(C)(C)C[C-]2[C@H]2C(=O)C=C4[C@@]5(C)C=C(C#N)C(=O)C(C)(C)C5CC[C@@]4(C)[C@]2(C)CC3)n1.[Li+]. The van der Waals surface area contributed by atoms with Crippen LogP contribution in [0.1, 0.15) is 105 Å². The van der Waals surface area contributed by atoms with Crippen molar-refractivity contribution in [3.8, 4) is 6.07 Å². The maximum absolute atomic E-state index is 14.7. The summed E-state index contributed by atoms with van der Waals surface area (Å²) < 4.78 is 2.20. The third-order valence-corrected chi connectivity index (χ3v) is 13.2. The molecule has 6 rings (SSSR count). The van der Waals surface area contributed by atoms with E-state index in [1.165, 1.54) is 17.2 Å². The maximum atomic E-state index is 14.7. The van der Waals surface area contributed by atoms with E-state index in [1.54, 1.807) is 0 Å². The second kappa shape index (κ2) is 9.56. The van der Waals surface area contributed by atoms with Crippen LogP contribution < -0.4 is 18.9 Å². The Kier molecular flexibility index (Phi) is 7.18. The van der Waals surface area contributed by atoms with Gasteiger partial charge in [-0.2, -0.15) is 16.8 Å². The number of nitriles is 1. The second-order valence-corrected chi connectivity index (χ2v) is 16.5. The number of Topliss-reactive ketones (excluding diaryl/α,β-unsaturated/α-hetero) is 1. The van der Waals surface area contributed by atoms with Gasteiger partial charge < -0.3 is 0 Å². The molecule has 0 radical (unpaired) electrons. The Balaban J connectivity index is 0.00000353. The number of carbonyl (C=O) groups is 2. The first kappa shape index (κ1) is 31.5. The summed E-state index contributed by atoms with van der Waals surface area (Å²) in [6, 6.07) is 4.38. The molecule has 0 saturated heterocycles. The van der Waals surface area contributed by atoms with Gasteiger partial charge in [0.25, 0.3) is 0 Å². The topological polar surface area (TPSA) is 75.8 Å². The van der Waals surface area contributed by atoms with E-state index in [0.717, 1.165) is 57.2 Å². The molecule has 0 aliphatic heterocycles. The predicted molar refractivity (Wildman–Crippen MR) is 160 cm³/mol. The molecule has 0 N–H and O–H groups in total. The summed E-state index contributed by atoms with van der Waals surface area (Å²) in [6.07, 6.45) is 11.2. The molecular formula is C36H48LiN3O2. The van der Waals surface area contributed by atoms with E-state index >= 15 is 0 Å². The van der Waals surface area contributed by atoms with Crippen LogP contribution in [0, 0.1) is 75.4 Å². The van der Waals surface area contributed by atoms with Crippen molar-refractivity contribution in [3.05, 3.63) is 46.7 Å². The van der Waals surface area contributed by atoms with Gasteiger partial charge in [-0.05, 0) is 55.6 Å². The fourth-order valence-electron chi connectivity index (χ4n) is 10.7. The number of rotatable bonds is 2. The van der Waals surface area contributed by atoms with Crippen molar-refractivity contribution in [2.24, 2.45) is 44.3 Å². The number of nitrogens with zero attached hydrogens (tertiary/aromatic N) is 3. The molecule has 1 unspecified atom stereocenters. The quantitative estimate of drug-likeness (QED) is 0.388. The van der Waals surface area contributed by atoms with Crippen LogP contribution in [0.5, 0.6) is 0 Å². The smallest absolute Gasteiger partial charge is 0.297 e. The first-order valence-electron chi connectivity index (χ1n) is 15.8. The van der Waals surface area contributed by atoms with Crippen molar-refractivity contribution < 1.29 is 28.4 Å². The van der Waals surface area contributed by atoms with Crippen LogP contribution in [-0.4, -0.2) is 21.3 Å². The summed E-state index contributed by atoms with van der Waals surface area (Å²) in [5.41, 5.74) is 2.28. The second-order valence-electron chi connectivity index (χ2n) is 16.5. The summed E-state index contributed by atoms with van der Waals surface area (Å²) >= 11 is 0. The predicted octanol–water partition coefficient (Wildman–Crippen LogP) is 4.68. The Morgan fingerprint density at radius 1 is 1.02 bits per heavy atom. The number of fused-ring (bicyclic) bond motifs is 7. The zero-order chi connectivity index (χ0) is 30.0. The molecule has 220 valence electrons. The minimum atomic E-state index is -0.638.